The minimum Gasteiger partial charge on any atom is -0.307 e. The molecule has 3 fully saturated rings. The first-order chi connectivity index (χ1) is 13.3. The number of halogens is 3. The van der Waals surface area contributed by atoms with E-state index in [0.717, 1.165) is 24.0 Å². The fourth-order valence-corrected chi connectivity index (χ4v) is 5.47. The Kier molecular flexibility index (Phi) is 3.83. The van der Waals surface area contributed by atoms with Crippen molar-refractivity contribution in [2.24, 2.45) is 29.6 Å². The second kappa shape index (κ2) is 6.06. The van der Waals surface area contributed by atoms with Crippen LogP contribution in [-0.4, -0.2) is 20.9 Å². The van der Waals surface area contributed by atoms with E-state index < -0.39 is 11.7 Å². The lowest BCUT2D eigenvalue weighted by atomic mass is 10.0. The van der Waals surface area contributed by atoms with E-state index in [9.17, 15) is 18.0 Å². The number of fused-ring (bicyclic) bond motifs is 5. The number of amides is 1. The van der Waals surface area contributed by atoms with Gasteiger partial charge in [-0.1, -0.05) is 17.3 Å². The maximum atomic E-state index is 12.7. The number of carbonyl (C=O) groups is 1. The zero-order valence-corrected chi connectivity index (χ0v) is 15.4. The van der Waals surface area contributed by atoms with Gasteiger partial charge >= 0.3 is 6.18 Å². The molecular weight excluding hydrogens is 369 g/mol. The molecule has 3 saturated carbocycles. The van der Waals surface area contributed by atoms with Crippen LogP contribution in [-0.2, 0) is 17.5 Å². The summed E-state index contributed by atoms with van der Waals surface area (Å²) in [4.78, 5) is 12.7. The predicted octanol–water partition coefficient (Wildman–Crippen LogP) is 3.88. The normalized spacial score (nSPS) is 30.4. The van der Waals surface area contributed by atoms with Crippen LogP contribution in [0.4, 0.5) is 19.0 Å². The minimum atomic E-state index is -4.35. The molecule has 0 aliphatic heterocycles. The highest BCUT2D eigenvalue weighted by Crippen LogP contribution is 2.69. The number of rotatable bonds is 4. The van der Waals surface area contributed by atoms with Crippen molar-refractivity contribution in [2.75, 3.05) is 5.32 Å². The predicted molar refractivity (Wildman–Crippen MR) is 95.2 cm³/mol. The van der Waals surface area contributed by atoms with Gasteiger partial charge in [-0.2, -0.15) is 13.2 Å². The first-order valence-corrected chi connectivity index (χ1v) is 9.70. The molecule has 5 rings (SSSR count). The van der Waals surface area contributed by atoms with Crippen molar-refractivity contribution < 1.29 is 18.0 Å². The van der Waals surface area contributed by atoms with E-state index in [-0.39, 0.29) is 11.8 Å². The Bertz CT molecular complexity index is 905. The van der Waals surface area contributed by atoms with Gasteiger partial charge < -0.3 is 5.32 Å². The monoisotopic (exact) mass is 390 g/mol. The quantitative estimate of drug-likeness (QED) is 0.862. The van der Waals surface area contributed by atoms with Crippen LogP contribution in [0, 0.1) is 36.5 Å². The summed E-state index contributed by atoms with van der Waals surface area (Å²) in [5.41, 5.74) is 0.706. The van der Waals surface area contributed by atoms with Crippen molar-refractivity contribution in [3.05, 3.63) is 41.1 Å². The summed E-state index contributed by atoms with van der Waals surface area (Å²) in [6.07, 6.45) is -0.531. The van der Waals surface area contributed by atoms with Crippen LogP contribution in [0.15, 0.2) is 24.3 Å². The van der Waals surface area contributed by atoms with Crippen molar-refractivity contribution in [3.63, 3.8) is 0 Å². The zero-order valence-electron chi connectivity index (χ0n) is 15.4. The van der Waals surface area contributed by atoms with E-state index in [1.165, 1.54) is 31.4 Å². The molecule has 8 heteroatoms. The molecule has 0 spiro atoms. The van der Waals surface area contributed by atoms with E-state index in [2.05, 4.69) is 15.6 Å². The third-order valence-electron chi connectivity index (χ3n) is 6.88. The first-order valence-electron chi connectivity index (χ1n) is 9.70. The number of carbonyl (C=O) groups excluding carboxylic acids is 1. The molecule has 3 aliphatic carbocycles. The molecular formula is C20H21F3N4O. The number of anilines is 1. The van der Waals surface area contributed by atoms with Gasteiger partial charge in [-0.25, -0.2) is 4.68 Å². The van der Waals surface area contributed by atoms with Crippen LogP contribution < -0.4 is 5.32 Å². The van der Waals surface area contributed by atoms with Crippen LogP contribution >= 0.6 is 0 Å². The Hall–Kier alpha value is -2.38. The SMILES string of the molecule is Cc1c(NC(=O)C2C3C4CCC(C4)C23)nnn1Cc1ccc(C(F)(F)F)cc1. The molecule has 0 saturated heterocycles. The zero-order chi connectivity index (χ0) is 19.6. The van der Waals surface area contributed by atoms with E-state index in [0.29, 0.717) is 35.5 Å². The average molecular weight is 390 g/mol. The van der Waals surface area contributed by atoms with Crippen molar-refractivity contribution in [2.45, 2.75) is 38.9 Å². The van der Waals surface area contributed by atoms with E-state index in [1.54, 1.807) is 11.6 Å². The number of hydrogen-bond acceptors (Lipinski definition) is 3. The highest BCUT2D eigenvalue weighted by Gasteiger charge is 2.67. The second-order valence-corrected chi connectivity index (χ2v) is 8.38. The van der Waals surface area contributed by atoms with E-state index >= 15 is 0 Å². The van der Waals surface area contributed by atoms with Crippen LogP contribution in [0.5, 0.6) is 0 Å². The second-order valence-electron chi connectivity index (χ2n) is 8.38. The summed E-state index contributed by atoms with van der Waals surface area (Å²) in [5, 5.41) is 11.0. The maximum absolute atomic E-state index is 12.7. The van der Waals surface area contributed by atoms with Crippen molar-refractivity contribution in [1.29, 1.82) is 0 Å². The Morgan fingerprint density at radius 3 is 2.43 bits per heavy atom. The molecule has 2 aromatic rings. The molecule has 28 heavy (non-hydrogen) atoms. The molecule has 3 aliphatic rings. The third-order valence-corrected chi connectivity index (χ3v) is 6.88. The number of nitrogens with zero attached hydrogens (tertiary/aromatic N) is 3. The fraction of sp³-hybridized carbons (Fsp3) is 0.550. The average Bonchev–Trinajstić information content (AvgIpc) is 2.90. The smallest absolute Gasteiger partial charge is 0.307 e. The lowest BCUT2D eigenvalue weighted by molar-refractivity contribution is -0.137. The summed E-state index contributed by atoms with van der Waals surface area (Å²) >= 11 is 0. The van der Waals surface area contributed by atoms with Gasteiger partial charge in [0.05, 0.1) is 17.8 Å². The summed E-state index contributed by atoms with van der Waals surface area (Å²) in [6, 6.07) is 4.99. The summed E-state index contributed by atoms with van der Waals surface area (Å²) < 4.78 is 39.6. The lowest BCUT2D eigenvalue weighted by Gasteiger charge is -2.09. The van der Waals surface area contributed by atoms with Crippen molar-refractivity contribution in [1.82, 2.24) is 15.0 Å². The third kappa shape index (κ3) is 2.81. The molecule has 2 bridgehead atoms. The molecule has 0 radical (unpaired) electrons. The summed E-state index contributed by atoms with van der Waals surface area (Å²) in [7, 11) is 0. The number of benzene rings is 1. The Morgan fingerprint density at radius 2 is 1.82 bits per heavy atom. The number of aromatic nitrogens is 3. The molecule has 1 N–H and O–H groups in total. The minimum absolute atomic E-state index is 0.0382. The molecule has 1 aromatic heterocycles. The van der Waals surface area contributed by atoms with E-state index in [1.807, 2.05) is 0 Å². The van der Waals surface area contributed by atoms with Gasteiger partial charge in [0.2, 0.25) is 5.91 Å². The molecule has 4 unspecified atom stereocenters. The van der Waals surface area contributed by atoms with Crippen molar-refractivity contribution in [3.8, 4) is 0 Å². The van der Waals surface area contributed by atoms with Crippen LogP contribution in [0.1, 0.15) is 36.1 Å². The van der Waals surface area contributed by atoms with Gasteiger partial charge in [-0.15, -0.1) is 5.10 Å². The van der Waals surface area contributed by atoms with Gasteiger partial charge in [0.15, 0.2) is 5.82 Å². The molecule has 4 atom stereocenters. The lowest BCUT2D eigenvalue weighted by Crippen LogP contribution is -2.19. The van der Waals surface area contributed by atoms with Gasteiger partial charge in [0.25, 0.3) is 0 Å². The van der Waals surface area contributed by atoms with Crippen LogP contribution in [0.2, 0.25) is 0 Å². The first kappa shape index (κ1) is 17.7. The maximum Gasteiger partial charge on any atom is 0.416 e. The highest BCUT2D eigenvalue weighted by atomic mass is 19.4. The Balaban J connectivity index is 1.25. The van der Waals surface area contributed by atoms with Gasteiger partial charge in [-0.05, 0) is 67.6 Å². The largest absolute Gasteiger partial charge is 0.416 e. The van der Waals surface area contributed by atoms with Crippen LogP contribution in [0.25, 0.3) is 0 Å². The highest BCUT2D eigenvalue weighted by molar-refractivity contribution is 5.94. The summed E-state index contributed by atoms with van der Waals surface area (Å²) in [5.74, 6) is 3.16. The number of hydrogen-bond donors (Lipinski definition) is 1. The molecule has 1 aromatic carbocycles. The number of alkyl halides is 3. The summed E-state index contributed by atoms with van der Waals surface area (Å²) in [6.45, 7) is 2.10. The standard InChI is InChI=1S/C20H21F3N4O/c1-10-18(24-19(28)17-15-12-4-5-13(8-12)16(15)17)25-26-27(10)9-11-2-6-14(7-3-11)20(21,22)23/h2-3,6-7,12-13,15-17H,4-5,8-9H2,1H3,(H,24,28). The van der Waals surface area contributed by atoms with Crippen molar-refractivity contribution >= 4 is 11.7 Å². The fourth-order valence-electron chi connectivity index (χ4n) is 5.47. The molecule has 148 valence electrons. The van der Waals surface area contributed by atoms with Crippen LogP contribution in [0.3, 0.4) is 0 Å². The topological polar surface area (TPSA) is 59.8 Å². The molecule has 1 heterocycles. The van der Waals surface area contributed by atoms with E-state index in [4.69, 9.17) is 0 Å². The Morgan fingerprint density at radius 1 is 1.18 bits per heavy atom. The van der Waals surface area contributed by atoms with Gasteiger partial charge in [0.1, 0.15) is 0 Å². The molecule has 5 nitrogen and oxygen atoms in total. The Labute approximate surface area is 160 Å². The van der Waals surface area contributed by atoms with Gasteiger partial charge in [0, 0.05) is 5.92 Å². The molecule has 1 amide bonds. The van der Waals surface area contributed by atoms with Gasteiger partial charge in [-0.3, -0.25) is 4.79 Å². The number of nitrogens with one attached hydrogen (secondary N) is 1.